The molecule has 1 heterocycles. The van der Waals surface area contributed by atoms with Crippen LogP contribution >= 0.6 is 15.9 Å². The lowest BCUT2D eigenvalue weighted by Gasteiger charge is -2.02. The van der Waals surface area contributed by atoms with Crippen LogP contribution < -0.4 is 0 Å². The predicted molar refractivity (Wildman–Crippen MR) is 60.8 cm³/mol. The van der Waals surface area contributed by atoms with Crippen molar-refractivity contribution in [1.29, 1.82) is 0 Å². The maximum absolute atomic E-state index is 13.0. The van der Waals surface area contributed by atoms with Crippen LogP contribution in [-0.4, -0.2) is 5.78 Å². The third kappa shape index (κ3) is 2.39. The van der Waals surface area contributed by atoms with Gasteiger partial charge in [-0.05, 0) is 35.9 Å². The maximum Gasteiger partial charge on any atom is 0.202 e. The quantitative estimate of drug-likeness (QED) is 0.805. The lowest BCUT2D eigenvalue weighted by atomic mass is 10.1. The SMILES string of the molecule is O=C(Cc1cc(F)ccc1Br)c1ccco1. The molecule has 0 unspecified atom stereocenters. The highest BCUT2D eigenvalue weighted by Gasteiger charge is 2.12. The summed E-state index contributed by atoms with van der Waals surface area (Å²) in [5.74, 6) is -0.238. The Morgan fingerprint density at radius 1 is 1.38 bits per heavy atom. The van der Waals surface area contributed by atoms with Crippen LogP contribution in [0.5, 0.6) is 0 Å². The van der Waals surface area contributed by atoms with Gasteiger partial charge < -0.3 is 4.42 Å². The largest absolute Gasteiger partial charge is 0.461 e. The van der Waals surface area contributed by atoms with Gasteiger partial charge in [-0.15, -0.1) is 0 Å². The number of carbonyl (C=O) groups excluding carboxylic acids is 1. The second kappa shape index (κ2) is 4.61. The molecule has 82 valence electrons. The van der Waals surface area contributed by atoms with Gasteiger partial charge in [0.05, 0.1) is 6.26 Å². The van der Waals surface area contributed by atoms with Crippen molar-refractivity contribution in [3.63, 3.8) is 0 Å². The highest BCUT2D eigenvalue weighted by atomic mass is 79.9. The molecule has 1 aromatic heterocycles. The van der Waals surface area contributed by atoms with Gasteiger partial charge in [0.15, 0.2) is 5.76 Å². The van der Waals surface area contributed by atoms with E-state index in [1.807, 2.05) is 0 Å². The molecule has 0 N–H and O–H groups in total. The molecular formula is C12H8BrFO2. The molecule has 0 aliphatic carbocycles. The number of furan rings is 1. The second-order valence-corrected chi connectivity index (χ2v) is 4.17. The number of rotatable bonds is 3. The zero-order chi connectivity index (χ0) is 11.5. The highest BCUT2D eigenvalue weighted by Crippen LogP contribution is 2.19. The van der Waals surface area contributed by atoms with Crippen molar-refractivity contribution in [1.82, 2.24) is 0 Å². The van der Waals surface area contributed by atoms with Gasteiger partial charge in [0, 0.05) is 10.9 Å². The van der Waals surface area contributed by atoms with E-state index in [1.165, 1.54) is 18.4 Å². The van der Waals surface area contributed by atoms with E-state index in [9.17, 15) is 9.18 Å². The predicted octanol–water partition coefficient (Wildman–Crippen LogP) is 3.61. The minimum absolute atomic E-state index is 0.117. The lowest BCUT2D eigenvalue weighted by Crippen LogP contribution is -2.03. The molecule has 1 aromatic carbocycles. The molecule has 0 atom stereocenters. The molecule has 0 saturated heterocycles. The number of carbonyl (C=O) groups is 1. The molecule has 0 fully saturated rings. The summed E-state index contributed by atoms with van der Waals surface area (Å²) in [4.78, 5) is 11.7. The molecule has 0 amide bonds. The van der Waals surface area contributed by atoms with Crippen molar-refractivity contribution in [3.8, 4) is 0 Å². The minimum atomic E-state index is -0.356. The molecule has 0 aliphatic rings. The summed E-state index contributed by atoms with van der Waals surface area (Å²) in [7, 11) is 0. The third-order valence-corrected chi connectivity index (χ3v) is 2.93. The summed E-state index contributed by atoms with van der Waals surface area (Å²) in [6.45, 7) is 0. The first kappa shape index (κ1) is 11.1. The fraction of sp³-hybridized carbons (Fsp3) is 0.0833. The van der Waals surface area contributed by atoms with Gasteiger partial charge in [-0.2, -0.15) is 0 Å². The molecule has 4 heteroatoms. The Labute approximate surface area is 100 Å². The van der Waals surface area contributed by atoms with Crippen molar-refractivity contribution in [2.75, 3.05) is 0 Å². The standard InChI is InChI=1S/C12H8BrFO2/c13-10-4-3-9(14)6-8(10)7-11(15)12-2-1-5-16-12/h1-6H,7H2. The van der Waals surface area contributed by atoms with Crippen LogP contribution in [0.3, 0.4) is 0 Å². The summed E-state index contributed by atoms with van der Waals surface area (Å²) in [6.07, 6.45) is 1.56. The molecular weight excluding hydrogens is 275 g/mol. The number of Topliss-reactive ketones (excluding diaryl/α,β-unsaturated/α-hetero) is 1. The van der Waals surface area contributed by atoms with Crippen LogP contribution in [0.1, 0.15) is 16.1 Å². The topological polar surface area (TPSA) is 30.2 Å². The molecule has 2 aromatic rings. The van der Waals surface area contributed by atoms with Crippen molar-refractivity contribution >= 4 is 21.7 Å². The Bertz CT molecular complexity index is 506. The second-order valence-electron chi connectivity index (χ2n) is 3.31. The van der Waals surface area contributed by atoms with Crippen LogP contribution in [-0.2, 0) is 6.42 Å². The van der Waals surface area contributed by atoms with E-state index >= 15 is 0 Å². The average Bonchev–Trinajstić information content (AvgIpc) is 2.76. The van der Waals surface area contributed by atoms with Crippen LogP contribution in [0.15, 0.2) is 45.5 Å². The van der Waals surface area contributed by atoms with Crippen molar-refractivity contribution in [2.24, 2.45) is 0 Å². The van der Waals surface area contributed by atoms with Gasteiger partial charge in [0.2, 0.25) is 5.78 Å². The van der Waals surface area contributed by atoms with E-state index in [-0.39, 0.29) is 23.8 Å². The van der Waals surface area contributed by atoms with E-state index in [4.69, 9.17) is 4.42 Å². The van der Waals surface area contributed by atoms with Gasteiger partial charge in [-0.3, -0.25) is 4.79 Å². The van der Waals surface area contributed by atoms with E-state index in [2.05, 4.69) is 15.9 Å². The van der Waals surface area contributed by atoms with Crippen LogP contribution in [0.25, 0.3) is 0 Å². The molecule has 0 aliphatic heterocycles. The fourth-order valence-electron chi connectivity index (χ4n) is 1.38. The molecule has 0 radical (unpaired) electrons. The first-order valence-corrected chi connectivity index (χ1v) is 5.47. The molecule has 0 spiro atoms. The van der Waals surface area contributed by atoms with Crippen molar-refractivity contribution < 1.29 is 13.6 Å². The third-order valence-electron chi connectivity index (χ3n) is 2.15. The molecule has 2 rings (SSSR count). The Balaban J connectivity index is 2.21. The Hall–Kier alpha value is -1.42. The fourth-order valence-corrected chi connectivity index (χ4v) is 1.76. The summed E-state index contributed by atoms with van der Waals surface area (Å²) in [5.41, 5.74) is 0.612. The smallest absolute Gasteiger partial charge is 0.202 e. The van der Waals surface area contributed by atoms with Gasteiger partial charge in [0.1, 0.15) is 5.82 Å². The summed E-state index contributed by atoms with van der Waals surface area (Å²) in [6, 6.07) is 7.50. The lowest BCUT2D eigenvalue weighted by molar-refractivity contribution is 0.0966. The van der Waals surface area contributed by atoms with E-state index in [0.717, 1.165) is 0 Å². The molecule has 0 bridgehead atoms. The molecule has 2 nitrogen and oxygen atoms in total. The van der Waals surface area contributed by atoms with Crippen molar-refractivity contribution in [3.05, 3.63) is 58.2 Å². The first-order valence-electron chi connectivity index (χ1n) is 4.67. The summed E-state index contributed by atoms with van der Waals surface area (Å²) in [5, 5.41) is 0. The zero-order valence-electron chi connectivity index (χ0n) is 8.24. The van der Waals surface area contributed by atoms with Gasteiger partial charge in [0.25, 0.3) is 0 Å². The Morgan fingerprint density at radius 3 is 2.88 bits per heavy atom. The van der Waals surface area contributed by atoms with E-state index in [1.54, 1.807) is 18.2 Å². The maximum atomic E-state index is 13.0. The van der Waals surface area contributed by atoms with Gasteiger partial charge >= 0.3 is 0 Å². The highest BCUT2D eigenvalue weighted by molar-refractivity contribution is 9.10. The number of benzene rings is 1. The minimum Gasteiger partial charge on any atom is -0.461 e. The van der Waals surface area contributed by atoms with Crippen LogP contribution in [0.4, 0.5) is 4.39 Å². The summed E-state index contributed by atoms with van der Waals surface area (Å²) < 4.78 is 18.7. The van der Waals surface area contributed by atoms with E-state index in [0.29, 0.717) is 10.0 Å². The number of ketones is 1. The van der Waals surface area contributed by atoms with Crippen molar-refractivity contribution in [2.45, 2.75) is 6.42 Å². The van der Waals surface area contributed by atoms with E-state index < -0.39 is 0 Å². The molecule has 16 heavy (non-hydrogen) atoms. The zero-order valence-corrected chi connectivity index (χ0v) is 9.83. The normalized spacial score (nSPS) is 10.4. The van der Waals surface area contributed by atoms with Gasteiger partial charge in [-0.1, -0.05) is 15.9 Å². The Kier molecular flexibility index (Phi) is 3.19. The average molecular weight is 283 g/mol. The first-order chi connectivity index (χ1) is 7.66. The monoisotopic (exact) mass is 282 g/mol. The van der Waals surface area contributed by atoms with Gasteiger partial charge in [-0.25, -0.2) is 4.39 Å². The number of halogens is 2. The number of hydrogen-bond acceptors (Lipinski definition) is 2. The Morgan fingerprint density at radius 2 is 2.19 bits per heavy atom. The van der Waals surface area contributed by atoms with Crippen LogP contribution in [0, 0.1) is 5.82 Å². The number of hydrogen-bond donors (Lipinski definition) is 0. The van der Waals surface area contributed by atoms with Crippen LogP contribution in [0.2, 0.25) is 0 Å². The molecule has 0 saturated carbocycles. The summed E-state index contributed by atoms with van der Waals surface area (Å²) >= 11 is 3.27.